The third-order valence-corrected chi connectivity index (χ3v) is 4.51. The molecule has 0 saturated carbocycles. The van der Waals surface area contributed by atoms with Gasteiger partial charge < -0.3 is 11.1 Å². The number of aromatic nitrogens is 2. The molecule has 0 unspecified atom stereocenters. The van der Waals surface area contributed by atoms with Gasteiger partial charge in [-0.25, -0.2) is 4.98 Å². The van der Waals surface area contributed by atoms with Gasteiger partial charge in [0.05, 0.1) is 10.9 Å². The summed E-state index contributed by atoms with van der Waals surface area (Å²) in [6.45, 7) is 0.695. The Kier molecular flexibility index (Phi) is 3.76. The van der Waals surface area contributed by atoms with E-state index in [2.05, 4.69) is 10.3 Å². The Bertz CT molecular complexity index is 1100. The highest BCUT2D eigenvalue weighted by molar-refractivity contribution is 6.06. The Balaban J connectivity index is 1.64. The van der Waals surface area contributed by atoms with Gasteiger partial charge in [0.15, 0.2) is 0 Å². The van der Waals surface area contributed by atoms with Gasteiger partial charge in [-0.1, -0.05) is 0 Å². The number of aryl methyl sites for hydroxylation is 1. The third kappa shape index (κ3) is 2.73. The molecule has 2 aromatic carbocycles. The van der Waals surface area contributed by atoms with Crippen LogP contribution in [0.5, 0.6) is 0 Å². The first kappa shape index (κ1) is 16.0. The minimum absolute atomic E-state index is 0.0588. The number of carbonyl (C=O) groups is 2. The van der Waals surface area contributed by atoms with Crippen molar-refractivity contribution >= 4 is 28.4 Å². The summed E-state index contributed by atoms with van der Waals surface area (Å²) in [6, 6.07) is 11.2. The molecule has 0 radical (unpaired) electrons. The molecule has 4 rings (SSSR count). The van der Waals surface area contributed by atoms with Gasteiger partial charge in [-0.05, 0) is 48.9 Å². The zero-order valence-corrected chi connectivity index (χ0v) is 13.9. The van der Waals surface area contributed by atoms with Crippen LogP contribution in [-0.2, 0) is 13.0 Å². The number of benzene rings is 2. The van der Waals surface area contributed by atoms with E-state index in [1.807, 2.05) is 0 Å². The van der Waals surface area contributed by atoms with Crippen molar-refractivity contribution < 1.29 is 9.59 Å². The van der Waals surface area contributed by atoms with Gasteiger partial charge in [-0.2, -0.15) is 0 Å². The van der Waals surface area contributed by atoms with Crippen LogP contribution in [0.2, 0.25) is 0 Å². The molecule has 2 amide bonds. The molecule has 1 aliphatic heterocycles. The summed E-state index contributed by atoms with van der Waals surface area (Å²) in [5.41, 5.74) is 6.99. The summed E-state index contributed by atoms with van der Waals surface area (Å²) in [5, 5.41) is 3.27. The standard InChI is InChI=1S/C19H16N4O3/c20-17(24)11-3-6-13(7-4-11)21-18(25)12-5-8-14-15(10-12)22-16-2-1-9-23(16)19(14)26/h3-8,10H,1-2,9H2,(H2,20,24)(H,21,25). The molecule has 7 heteroatoms. The Morgan fingerprint density at radius 2 is 1.81 bits per heavy atom. The monoisotopic (exact) mass is 348 g/mol. The lowest BCUT2D eigenvalue weighted by atomic mass is 10.1. The van der Waals surface area contributed by atoms with E-state index in [9.17, 15) is 14.4 Å². The van der Waals surface area contributed by atoms with Gasteiger partial charge in [0.2, 0.25) is 5.91 Å². The largest absolute Gasteiger partial charge is 0.366 e. The van der Waals surface area contributed by atoms with Gasteiger partial charge in [0.1, 0.15) is 5.82 Å². The van der Waals surface area contributed by atoms with Crippen LogP contribution in [0, 0.1) is 0 Å². The third-order valence-electron chi connectivity index (χ3n) is 4.51. The molecule has 0 bridgehead atoms. The van der Waals surface area contributed by atoms with Crippen LogP contribution in [0.15, 0.2) is 47.3 Å². The van der Waals surface area contributed by atoms with Crippen LogP contribution in [-0.4, -0.2) is 21.4 Å². The average Bonchev–Trinajstić information content (AvgIpc) is 3.10. The van der Waals surface area contributed by atoms with Crippen molar-refractivity contribution in [2.75, 3.05) is 5.32 Å². The van der Waals surface area contributed by atoms with Crippen LogP contribution >= 0.6 is 0 Å². The number of primary amides is 1. The van der Waals surface area contributed by atoms with Gasteiger partial charge in [0.25, 0.3) is 11.5 Å². The van der Waals surface area contributed by atoms with Crippen molar-refractivity contribution in [3.8, 4) is 0 Å². The van der Waals surface area contributed by atoms with E-state index >= 15 is 0 Å². The van der Waals surface area contributed by atoms with Crippen LogP contribution in [0.1, 0.15) is 33.0 Å². The van der Waals surface area contributed by atoms with Crippen molar-refractivity contribution in [1.82, 2.24) is 9.55 Å². The van der Waals surface area contributed by atoms with Gasteiger partial charge >= 0.3 is 0 Å². The molecule has 0 saturated heterocycles. The summed E-state index contributed by atoms with van der Waals surface area (Å²) >= 11 is 0. The lowest BCUT2D eigenvalue weighted by Crippen LogP contribution is -2.21. The number of nitrogens with one attached hydrogen (secondary N) is 1. The summed E-state index contributed by atoms with van der Waals surface area (Å²) in [6.07, 6.45) is 1.68. The molecule has 26 heavy (non-hydrogen) atoms. The maximum Gasteiger partial charge on any atom is 0.261 e. The van der Waals surface area contributed by atoms with E-state index < -0.39 is 5.91 Å². The fraction of sp³-hybridized carbons (Fsp3) is 0.158. The zero-order valence-electron chi connectivity index (χ0n) is 13.9. The van der Waals surface area contributed by atoms with Gasteiger partial charge in [-0.3, -0.25) is 19.0 Å². The summed E-state index contributed by atoms with van der Waals surface area (Å²) in [7, 11) is 0. The molecule has 1 aromatic heterocycles. The summed E-state index contributed by atoms with van der Waals surface area (Å²) < 4.78 is 1.70. The number of hydrogen-bond acceptors (Lipinski definition) is 4. The second kappa shape index (κ2) is 6.11. The van der Waals surface area contributed by atoms with Crippen molar-refractivity contribution in [3.63, 3.8) is 0 Å². The maximum absolute atomic E-state index is 12.5. The highest BCUT2D eigenvalue weighted by Crippen LogP contribution is 2.17. The normalized spacial score (nSPS) is 12.8. The Morgan fingerprint density at radius 3 is 2.54 bits per heavy atom. The lowest BCUT2D eigenvalue weighted by molar-refractivity contribution is 0.0998. The summed E-state index contributed by atoms with van der Waals surface area (Å²) in [4.78, 5) is 40.6. The number of rotatable bonds is 3. The second-order valence-electron chi connectivity index (χ2n) is 6.22. The number of nitrogens with zero attached hydrogens (tertiary/aromatic N) is 2. The first-order chi connectivity index (χ1) is 12.5. The molecule has 7 nitrogen and oxygen atoms in total. The average molecular weight is 348 g/mol. The number of amides is 2. The lowest BCUT2D eigenvalue weighted by Gasteiger charge is -2.08. The van der Waals surface area contributed by atoms with Gasteiger partial charge in [0, 0.05) is 29.8 Å². The topological polar surface area (TPSA) is 107 Å². The fourth-order valence-corrected chi connectivity index (χ4v) is 3.15. The highest BCUT2D eigenvalue weighted by atomic mass is 16.2. The quantitative estimate of drug-likeness (QED) is 0.751. The molecular weight excluding hydrogens is 332 g/mol. The van der Waals surface area contributed by atoms with E-state index in [4.69, 9.17) is 5.73 Å². The predicted molar refractivity (Wildman–Crippen MR) is 97.2 cm³/mol. The molecule has 0 atom stereocenters. The van der Waals surface area contributed by atoms with Crippen LogP contribution in [0.25, 0.3) is 10.9 Å². The number of nitrogens with two attached hydrogens (primary N) is 1. The molecule has 1 aliphatic rings. The minimum Gasteiger partial charge on any atom is -0.366 e. The molecule has 0 aliphatic carbocycles. The van der Waals surface area contributed by atoms with Crippen molar-refractivity contribution in [3.05, 3.63) is 69.8 Å². The fourth-order valence-electron chi connectivity index (χ4n) is 3.15. The smallest absolute Gasteiger partial charge is 0.261 e. The number of anilines is 1. The van der Waals surface area contributed by atoms with E-state index in [-0.39, 0.29) is 11.5 Å². The molecule has 2 heterocycles. The first-order valence-electron chi connectivity index (χ1n) is 8.27. The number of fused-ring (bicyclic) bond motifs is 2. The van der Waals surface area contributed by atoms with Crippen LogP contribution in [0.3, 0.4) is 0 Å². The maximum atomic E-state index is 12.5. The SMILES string of the molecule is NC(=O)c1ccc(NC(=O)c2ccc3c(=O)n4c(nc3c2)CCC4)cc1. The van der Waals surface area contributed by atoms with Crippen molar-refractivity contribution in [2.24, 2.45) is 5.73 Å². The number of carbonyl (C=O) groups excluding carboxylic acids is 2. The Morgan fingerprint density at radius 1 is 1.08 bits per heavy atom. The molecular formula is C19H16N4O3. The van der Waals surface area contributed by atoms with Crippen LogP contribution in [0.4, 0.5) is 5.69 Å². The Hall–Kier alpha value is -3.48. The van der Waals surface area contributed by atoms with Crippen LogP contribution < -0.4 is 16.6 Å². The molecule has 0 fully saturated rings. The minimum atomic E-state index is -0.526. The summed E-state index contributed by atoms with van der Waals surface area (Å²) in [5.74, 6) is -0.0782. The van der Waals surface area contributed by atoms with Crippen molar-refractivity contribution in [2.45, 2.75) is 19.4 Å². The zero-order chi connectivity index (χ0) is 18.3. The van der Waals surface area contributed by atoms with E-state index in [1.54, 1.807) is 47.0 Å². The molecule has 3 N–H and O–H groups in total. The van der Waals surface area contributed by atoms with E-state index in [0.29, 0.717) is 34.3 Å². The molecule has 3 aromatic rings. The first-order valence-corrected chi connectivity index (χ1v) is 8.27. The van der Waals surface area contributed by atoms with Crippen molar-refractivity contribution in [1.29, 1.82) is 0 Å². The Labute approximate surface area is 148 Å². The molecule has 0 spiro atoms. The molecule has 130 valence electrons. The predicted octanol–water partition coefficient (Wildman–Crippen LogP) is 1.69. The highest BCUT2D eigenvalue weighted by Gasteiger charge is 2.17. The van der Waals surface area contributed by atoms with E-state index in [0.717, 1.165) is 18.7 Å². The van der Waals surface area contributed by atoms with Gasteiger partial charge in [-0.15, -0.1) is 0 Å². The van der Waals surface area contributed by atoms with E-state index in [1.165, 1.54) is 0 Å². The second-order valence-corrected chi connectivity index (χ2v) is 6.22. The number of hydrogen-bond donors (Lipinski definition) is 2.